The van der Waals surface area contributed by atoms with Gasteiger partial charge in [0.25, 0.3) is 15.7 Å². The van der Waals surface area contributed by atoms with Gasteiger partial charge in [-0.15, -0.1) is 0 Å². The molecular formula is C13H11BrN2O4S. The predicted octanol–water partition coefficient (Wildman–Crippen LogP) is 3.47. The molecule has 0 saturated heterocycles. The van der Waals surface area contributed by atoms with E-state index in [9.17, 15) is 18.5 Å². The van der Waals surface area contributed by atoms with Crippen LogP contribution >= 0.6 is 15.9 Å². The van der Waals surface area contributed by atoms with Crippen molar-refractivity contribution in [1.29, 1.82) is 0 Å². The number of halogens is 1. The summed E-state index contributed by atoms with van der Waals surface area (Å²) in [7, 11) is -3.88. The lowest BCUT2D eigenvalue weighted by molar-refractivity contribution is -0.383. The van der Waals surface area contributed by atoms with Crippen LogP contribution < -0.4 is 4.72 Å². The topological polar surface area (TPSA) is 89.3 Å². The molecule has 0 atom stereocenters. The van der Waals surface area contributed by atoms with E-state index in [1.165, 1.54) is 30.3 Å². The van der Waals surface area contributed by atoms with E-state index in [1.54, 1.807) is 12.1 Å². The minimum Gasteiger partial charge on any atom is -0.273 e. The molecule has 0 radical (unpaired) electrons. The summed E-state index contributed by atoms with van der Waals surface area (Å²) in [5, 5.41) is 11.0. The number of sulfonamides is 1. The van der Waals surface area contributed by atoms with Gasteiger partial charge in [-0.3, -0.25) is 14.8 Å². The molecule has 2 rings (SSSR count). The average molecular weight is 371 g/mol. The maximum absolute atomic E-state index is 12.2. The fourth-order valence-corrected chi connectivity index (χ4v) is 3.10. The highest BCUT2D eigenvalue weighted by molar-refractivity contribution is 9.10. The van der Waals surface area contributed by atoms with Crippen LogP contribution in [0.4, 0.5) is 11.4 Å². The summed E-state index contributed by atoms with van der Waals surface area (Å²) in [5.74, 6) is 0. The second-order valence-corrected chi connectivity index (χ2v) is 6.94. The first-order chi connectivity index (χ1) is 9.79. The fraction of sp³-hybridized carbons (Fsp3) is 0.0769. The Kier molecular flexibility index (Phi) is 4.29. The van der Waals surface area contributed by atoms with Crippen LogP contribution in [0.1, 0.15) is 5.56 Å². The van der Waals surface area contributed by atoms with Crippen LogP contribution in [0.15, 0.2) is 51.8 Å². The normalized spacial score (nSPS) is 11.1. The number of nitrogens with one attached hydrogen (secondary N) is 1. The molecule has 0 heterocycles. The largest absolute Gasteiger partial charge is 0.293 e. The zero-order chi connectivity index (χ0) is 15.6. The summed E-state index contributed by atoms with van der Waals surface area (Å²) in [6.45, 7) is 1.84. The van der Waals surface area contributed by atoms with Crippen LogP contribution in [-0.4, -0.2) is 13.3 Å². The van der Waals surface area contributed by atoms with Gasteiger partial charge in [0.1, 0.15) is 5.69 Å². The molecule has 0 amide bonds. The van der Waals surface area contributed by atoms with E-state index in [-0.39, 0.29) is 16.3 Å². The van der Waals surface area contributed by atoms with E-state index in [0.29, 0.717) is 4.47 Å². The third-order valence-electron chi connectivity index (χ3n) is 2.73. The second kappa shape index (κ2) is 5.82. The summed E-state index contributed by atoms with van der Waals surface area (Å²) in [5.41, 5.74) is 0.520. The zero-order valence-electron chi connectivity index (χ0n) is 10.9. The Bertz CT molecular complexity index is 788. The molecule has 0 aliphatic carbocycles. The fourth-order valence-electron chi connectivity index (χ4n) is 1.67. The van der Waals surface area contributed by atoms with Gasteiger partial charge in [-0.25, -0.2) is 8.42 Å². The number of nitrogens with zero attached hydrogens (tertiary/aromatic N) is 1. The molecule has 0 bridgehead atoms. The van der Waals surface area contributed by atoms with Crippen molar-refractivity contribution < 1.29 is 13.3 Å². The van der Waals surface area contributed by atoms with Crippen LogP contribution in [0.2, 0.25) is 0 Å². The Morgan fingerprint density at radius 2 is 1.76 bits per heavy atom. The average Bonchev–Trinajstić information content (AvgIpc) is 2.38. The standard InChI is InChI=1S/C13H11BrN2O4S/c1-9-2-5-11(6-3-9)21(19,20)15-12-8-10(14)4-7-13(12)16(17)18/h2-8,15H,1H3. The number of anilines is 1. The van der Waals surface area contributed by atoms with Crippen molar-refractivity contribution in [2.24, 2.45) is 0 Å². The Balaban J connectivity index is 2.43. The van der Waals surface area contributed by atoms with Crippen molar-refractivity contribution in [1.82, 2.24) is 0 Å². The van der Waals surface area contributed by atoms with E-state index in [1.807, 2.05) is 6.92 Å². The van der Waals surface area contributed by atoms with Gasteiger partial charge in [-0.2, -0.15) is 0 Å². The predicted molar refractivity (Wildman–Crippen MR) is 82.8 cm³/mol. The minimum absolute atomic E-state index is 0.0439. The van der Waals surface area contributed by atoms with Gasteiger partial charge in [0.15, 0.2) is 0 Å². The smallest absolute Gasteiger partial charge is 0.273 e. The number of hydrogen-bond donors (Lipinski definition) is 1. The van der Waals surface area contributed by atoms with Gasteiger partial charge in [0.05, 0.1) is 9.82 Å². The molecular weight excluding hydrogens is 360 g/mol. The van der Waals surface area contributed by atoms with Crippen molar-refractivity contribution in [3.05, 3.63) is 62.6 Å². The first-order valence-electron chi connectivity index (χ1n) is 5.83. The molecule has 0 unspecified atom stereocenters. The van der Waals surface area contributed by atoms with Crippen molar-refractivity contribution in [3.63, 3.8) is 0 Å². The molecule has 6 nitrogen and oxygen atoms in total. The number of benzene rings is 2. The van der Waals surface area contributed by atoms with Crippen LogP contribution in [-0.2, 0) is 10.0 Å². The lowest BCUT2D eigenvalue weighted by Gasteiger charge is -2.09. The third kappa shape index (κ3) is 3.59. The first-order valence-corrected chi connectivity index (χ1v) is 8.10. The van der Waals surface area contributed by atoms with E-state index in [0.717, 1.165) is 5.56 Å². The van der Waals surface area contributed by atoms with Crippen LogP contribution in [0, 0.1) is 17.0 Å². The minimum atomic E-state index is -3.88. The molecule has 0 aromatic heterocycles. The monoisotopic (exact) mass is 370 g/mol. The zero-order valence-corrected chi connectivity index (χ0v) is 13.3. The van der Waals surface area contributed by atoms with E-state index < -0.39 is 14.9 Å². The molecule has 1 N–H and O–H groups in total. The molecule has 0 saturated carbocycles. The molecule has 0 aliphatic heterocycles. The number of aryl methyl sites for hydroxylation is 1. The number of nitro benzene ring substituents is 1. The van der Waals surface area contributed by atoms with Gasteiger partial charge in [0.2, 0.25) is 0 Å². The number of rotatable bonds is 4. The summed E-state index contributed by atoms with van der Waals surface area (Å²) in [6, 6.07) is 10.3. The maximum atomic E-state index is 12.2. The second-order valence-electron chi connectivity index (χ2n) is 4.34. The third-order valence-corrected chi connectivity index (χ3v) is 4.61. The Morgan fingerprint density at radius 1 is 1.14 bits per heavy atom. The van der Waals surface area contributed by atoms with Crippen molar-refractivity contribution in [3.8, 4) is 0 Å². The Morgan fingerprint density at radius 3 is 2.33 bits per heavy atom. The van der Waals surface area contributed by atoms with Crippen molar-refractivity contribution in [2.75, 3.05) is 4.72 Å². The lowest BCUT2D eigenvalue weighted by Crippen LogP contribution is -2.14. The van der Waals surface area contributed by atoms with Gasteiger partial charge in [-0.05, 0) is 31.2 Å². The Labute approximate surface area is 130 Å². The molecule has 0 aliphatic rings. The van der Waals surface area contributed by atoms with Crippen LogP contribution in [0.25, 0.3) is 0 Å². The summed E-state index contributed by atoms with van der Waals surface area (Å²) in [6.07, 6.45) is 0. The van der Waals surface area contributed by atoms with Crippen LogP contribution in [0.5, 0.6) is 0 Å². The molecule has 21 heavy (non-hydrogen) atoms. The van der Waals surface area contributed by atoms with Crippen molar-refractivity contribution >= 4 is 37.3 Å². The summed E-state index contributed by atoms with van der Waals surface area (Å²) >= 11 is 3.16. The number of hydrogen-bond acceptors (Lipinski definition) is 4. The van der Waals surface area contributed by atoms with Crippen LogP contribution in [0.3, 0.4) is 0 Å². The number of nitro groups is 1. The molecule has 0 fully saturated rings. The summed E-state index contributed by atoms with van der Waals surface area (Å²) < 4.78 is 27.3. The van der Waals surface area contributed by atoms with Gasteiger partial charge < -0.3 is 0 Å². The lowest BCUT2D eigenvalue weighted by atomic mass is 10.2. The van der Waals surface area contributed by atoms with Gasteiger partial charge in [0, 0.05) is 10.5 Å². The molecule has 2 aromatic rings. The van der Waals surface area contributed by atoms with Crippen molar-refractivity contribution in [2.45, 2.75) is 11.8 Å². The highest BCUT2D eigenvalue weighted by atomic mass is 79.9. The van der Waals surface area contributed by atoms with E-state index >= 15 is 0 Å². The highest BCUT2D eigenvalue weighted by Crippen LogP contribution is 2.29. The Hall–Kier alpha value is -1.93. The quantitative estimate of drug-likeness (QED) is 0.658. The molecule has 2 aromatic carbocycles. The van der Waals surface area contributed by atoms with E-state index in [2.05, 4.69) is 20.7 Å². The van der Waals surface area contributed by atoms with Gasteiger partial charge >= 0.3 is 0 Å². The highest BCUT2D eigenvalue weighted by Gasteiger charge is 2.20. The molecule has 0 spiro atoms. The summed E-state index contributed by atoms with van der Waals surface area (Å²) in [4.78, 5) is 10.4. The first kappa shape index (κ1) is 15.5. The molecule has 110 valence electrons. The molecule has 8 heteroatoms. The van der Waals surface area contributed by atoms with E-state index in [4.69, 9.17) is 0 Å². The van der Waals surface area contributed by atoms with Gasteiger partial charge in [-0.1, -0.05) is 33.6 Å². The SMILES string of the molecule is Cc1ccc(S(=O)(=O)Nc2cc(Br)ccc2[N+](=O)[O-])cc1. The maximum Gasteiger partial charge on any atom is 0.293 e.